The molecule has 1 atom stereocenters. The Morgan fingerprint density at radius 3 is 2.45 bits per heavy atom. The summed E-state index contributed by atoms with van der Waals surface area (Å²) in [7, 11) is 0. The first-order valence-corrected chi connectivity index (χ1v) is 7.48. The van der Waals surface area contributed by atoms with Crippen LogP contribution in [-0.2, 0) is 4.79 Å². The van der Waals surface area contributed by atoms with Gasteiger partial charge < -0.3 is 10.1 Å². The van der Waals surface area contributed by atoms with E-state index in [1.54, 1.807) is 6.08 Å². The lowest BCUT2D eigenvalue weighted by Crippen LogP contribution is -2.10. The van der Waals surface area contributed by atoms with Crippen molar-refractivity contribution in [3.05, 3.63) is 66.2 Å². The fraction of sp³-hybridized carbons (Fsp3) is 0.211. The zero-order valence-electron chi connectivity index (χ0n) is 13.0. The molecule has 1 amide bonds. The van der Waals surface area contributed by atoms with E-state index in [1.165, 1.54) is 6.08 Å². The Labute approximate surface area is 131 Å². The molecule has 0 spiro atoms. The number of rotatable bonds is 6. The van der Waals surface area contributed by atoms with Crippen molar-refractivity contribution in [1.29, 1.82) is 0 Å². The third-order valence-corrected chi connectivity index (χ3v) is 3.26. The summed E-state index contributed by atoms with van der Waals surface area (Å²) < 4.78 is 5.70. The number of anilines is 1. The van der Waals surface area contributed by atoms with E-state index in [9.17, 15) is 4.79 Å². The first kappa shape index (κ1) is 15.8. The predicted molar refractivity (Wildman–Crippen MR) is 90.9 cm³/mol. The van der Waals surface area contributed by atoms with Gasteiger partial charge >= 0.3 is 0 Å². The van der Waals surface area contributed by atoms with Crippen LogP contribution in [0.3, 0.4) is 0 Å². The number of carbonyl (C=O) groups excluding carboxylic acids is 1. The second kappa shape index (κ2) is 8.03. The number of amides is 1. The van der Waals surface area contributed by atoms with Gasteiger partial charge in [0.2, 0.25) is 5.91 Å². The summed E-state index contributed by atoms with van der Waals surface area (Å²) in [5.74, 6) is 0.659. The van der Waals surface area contributed by atoms with Crippen LogP contribution in [0.5, 0.6) is 5.75 Å². The summed E-state index contributed by atoms with van der Waals surface area (Å²) in [5.41, 5.74) is 1.74. The summed E-state index contributed by atoms with van der Waals surface area (Å²) >= 11 is 0. The molecule has 0 aliphatic rings. The van der Waals surface area contributed by atoms with Gasteiger partial charge in [-0.25, -0.2) is 0 Å². The summed E-state index contributed by atoms with van der Waals surface area (Å²) in [5, 5.41) is 2.83. The summed E-state index contributed by atoms with van der Waals surface area (Å²) in [4.78, 5) is 11.9. The summed E-state index contributed by atoms with van der Waals surface area (Å²) in [6.45, 7) is 4.11. The van der Waals surface area contributed by atoms with Crippen molar-refractivity contribution >= 4 is 17.7 Å². The van der Waals surface area contributed by atoms with Gasteiger partial charge in [-0.1, -0.05) is 37.3 Å². The van der Waals surface area contributed by atoms with Crippen molar-refractivity contribution in [2.45, 2.75) is 26.4 Å². The van der Waals surface area contributed by atoms with Crippen molar-refractivity contribution in [3.63, 3.8) is 0 Å². The minimum Gasteiger partial charge on any atom is -0.491 e. The van der Waals surface area contributed by atoms with Crippen LogP contribution >= 0.6 is 0 Å². The molecule has 0 aliphatic carbocycles. The molecule has 3 nitrogen and oxygen atoms in total. The molecule has 0 fully saturated rings. The molecule has 0 aliphatic heterocycles. The van der Waals surface area contributed by atoms with Gasteiger partial charge in [-0.05, 0) is 49.2 Å². The van der Waals surface area contributed by atoms with Crippen LogP contribution in [0.15, 0.2) is 60.7 Å². The van der Waals surface area contributed by atoms with Gasteiger partial charge in [0.1, 0.15) is 5.75 Å². The first-order valence-electron chi connectivity index (χ1n) is 7.48. The fourth-order valence-electron chi connectivity index (χ4n) is 1.85. The molecule has 1 N–H and O–H groups in total. The van der Waals surface area contributed by atoms with Crippen molar-refractivity contribution in [2.75, 3.05) is 5.32 Å². The summed E-state index contributed by atoms with van der Waals surface area (Å²) in [6.07, 6.45) is 4.46. The maximum Gasteiger partial charge on any atom is 0.248 e. The average molecular weight is 295 g/mol. The largest absolute Gasteiger partial charge is 0.491 e. The maximum absolute atomic E-state index is 11.9. The molecule has 0 radical (unpaired) electrons. The smallest absolute Gasteiger partial charge is 0.248 e. The van der Waals surface area contributed by atoms with E-state index in [0.717, 1.165) is 23.4 Å². The van der Waals surface area contributed by atoms with E-state index in [2.05, 4.69) is 12.2 Å². The van der Waals surface area contributed by atoms with Gasteiger partial charge in [-0.15, -0.1) is 0 Å². The lowest BCUT2D eigenvalue weighted by molar-refractivity contribution is -0.111. The van der Waals surface area contributed by atoms with Crippen molar-refractivity contribution in [2.24, 2.45) is 0 Å². The van der Waals surface area contributed by atoms with Gasteiger partial charge in [0.15, 0.2) is 0 Å². The Morgan fingerprint density at radius 2 is 1.82 bits per heavy atom. The molecular weight excluding hydrogens is 274 g/mol. The maximum atomic E-state index is 11.9. The van der Waals surface area contributed by atoms with Crippen molar-refractivity contribution in [3.8, 4) is 5.75 Å². The first-order chi connectivity index (χ1) is 10.7. The van der Waals surface area contributed by atoms with Gasteiger partial charge in [-0.2, -0.15) is 0 Å². The molecule has 0 saturated carbocycles. The molecule has 2 aromatic rings. The lowest BCUT2D eigenvalue weighted by Gasteiger charge is -2.12. The molecular formula is C19H21NO2. The Kier molecular flexibility index (Phi) is 5.78. The molecule has 0 saturated heterocycles. The Hall–Kier alpha value is -2.55. The highest BCUT2D eigenvalue weighted by Crippen LogP contribution is 2.17. The highest BCUT2D eigenvalue weighted by Gasteiger charge is 2.02. The zero-order valence-corrected chi connectivity index (χ0v) is 13.0. The van der Waals surface area contributed by atoms with Crippen LogP contribution < -0.4 is 10.1 Å². The van der Waals surface area contributed by atoms with Crippen LogP contribution in [0, 0.1) is 0 Å². The van der Waals surface area contributed by atoms with Crippen LogP contribution in [0.2, 0.25) is 0 Å². The van der Waals surface area contributed by atoms with Gasteiger partial charge in [0.25, 0.3) is 0 Å². The van der Waals surface area contributed by atoms with Crippen molar-refractivity contribution < 1.29 is 9.53 Å². The monoisotopic (exact) mass is 295 g/mol. The molecule has 2 rings (SSSR count). The van der Waals surface area contributed by atoms with Crippen molar-refractivity contribution in [1.82, 2.24) is 0 Å². The van der Waals surface area contributed by atoms with E-state index in [1.807, 2.05) is 61.5 Å². The van der Waals surface area contributed by atoms with E-state index in [4.69, 9.17) is 4.74 Å². The lowest BCUT2D eigenvalue weighted by atomic mass is 10.2. The number of hydrogen-bond acceptors (Lipinski definition) is 2. The van der Waals surface area contributed by atoms with Gasteiger partial charge in [0, 0.05) is 11.8 Å². The SMILES string of the molecule is CCC(C)Oc1ccc(NC(=O)/C=C/c2ccccc2)cc1. The van der Waals surface area contributed by atoms with Gasteiger partial charge in [-0.3, -0.25) is 4.79 Å². The Balaban J connectivity index is 1.90. The highest BCUT2D eigenvalue weighted by molar-refractivity contribution is 6.01. The van der Waals surface area contributed by atoms with Gasteiger partial charge in [0.05, 0.1) is 6.10 Å². The second-order valence-corrected chi connectivity index (χ2v) is 5.09. The molecule has 22 heavy (non-hydrogen) atoms. The average Bonchev–Trinajstić information content (AvgIpc) is 2.55. The number of nitrogens with one attached hydrogen (secondary N) is 1. The Morgan fingerprint density at radius 1 is 1.14 bits per heavy atom. The number of benzene rings is 2. The van der Waals surface area contributed by atoms with E-state index in [-0.39, 0.29) is 12.0 Å². The Bertz CT molecular complexity index is 618. The fourth-order valence-corrected chi connectivity index (χ4v) is 1.85. The quantitative estimate of drug-likeness (QED) is 0.796. The van der Waals surface area contributed by atoms with Crippen LogP contribution in [0.1, 0.15) is 25.8 Å². The van der Waals surface area contributed by atoms with Crippen LogP contribution in [0.25, 0.3) is 6.08 Å². The third kappa shape index (κ3) is 5.09. The van der Waals surface area contributed by atoms with Crippen LogP contribution in [-0.4, -0.2) is 12.0 Å². The molecule has 1 unspecified atom stereocenters. The highest BCUT2D eigenvalue weighted by atomic mass is 16.5. The molecule has 114 valence electrons. The summed E-state index contributed by atoms with van der Waals surface area (Å²) in [6, 6.07) is 17.1. The second-order valence-electron chi connectivity index (χ2n) is 5.09. The molecule has 3 heteroatoms. The number of ether oxygens (including phenoxy) is 1. The molecule has 0 bridgehead atoms. The predicted octanol–water partition coefficient (Wildman–Crippen LogP) is 4.52. The minimum absolute atomic E-state index is 0.153. The molecule has 0 aromatic heterocycles. The van der Waals surface area contributed by atoms with E-state index in [0.29, 0.717) is 0 Å². The molecule has 0 heterocycles. The number of carbonyl (C=O) groups is 1. The van der Waals surface area contributed by atoms with Crippen LogP contribution in [0.4, 0.5) is 5.69 Å². The number of hydrogen-bond donors (Lipinski definition) is 1. The zero-order chi connectivity index (χ0) is 15.8. The third-order valence-electron chi connectivity index (χ3n) is 3.26. The minimum atomic E-state index is -0.153. The standard InChI is InChI=1S/C19H21NO2/c1-3-15(2)22-18-12-10-17(11-13-18)20-19(21)14-9-16-7-5-4-6-8-16/h4-15H,3H2,1-2H3,(H,20,21)/b14-9+. The normalized spacial score (nSPS) is 12.1. The van der Waals surface area contributed by atoms with E-state index < -0.39 is 0 Å². The molecule has 2 aromatic carbocycles. The van der Waals surface area contributed by atoms with E-state index >= 15 is 0 Å². The topological polar surface area (TPSA) is 38.3 Å².